The molecule has 0 amide bonds. The Morgan fingerprint density at radius 1 is 1.38 bits per heavy atom. The van der Waals surface area contributed by atoms with Gasteiger partial charge in [-0.3, -0.25) is 4.79 Å². The van der Waals surface area contributed by atoms with Crippen LogP contribution in [0.1, 0.15) is 36.0 Å². The SMILES string of the molecule is Cc1ccc2[nH]c(CN[C@H](c3nccn3C)C3CC3)cc(=O)c2c1. The van der Waals surface area contributed by atoms with Gasteiger partial charge in [0, 0.05) is 48.6 Å². The first kappa shape index (κ1) is 15.1. The van der Waals surface area contributed by atoms with Crippen LogP contribution in [0.25, 0.3) is 10.9 Å². The number of aromatic amines is 1. The van der Waals surface area contributed by atoms with E-state index in [0.29, 0.717) is 12.5 Å². The summed E-state index contributed by atoms with van der Waals surface area (Å²) in [6.45, 7) is 2.63. The number of imidazole rings is 1. The molecule has 24 heavy (non-hydrogen) atoms. The van der Waals surface area contributed by atoms with Crippen molar-refractivity contribution in [2.24, 2.45) is 13.0 Å². The summed E-state index contributed by atoms with van der Waals surface area (Å²) >= 11 is 0. The number of pyridine rings is 1. The summed E-state index contributed by atoms with van der Waals surface area (Å²) in [7, 11) is 2.03. The fraction of sp³-hybridized carbons (Fsp3) is 0.368. The summed E-state index contributed by atoms with van der Waals surface area (Å²) < 4.78 is 2.07. The molecule has 1 fully saturated rings. The van der Waals surface area contributed by atoms with Crippen LogP contribution in [0.3, 0.4) is 0 Å². The van der Waals surface area contributed by atoms with E-state index in [1.807, 2.05) is 44.6 Å². The molecule has 0 saturated heterocycles. The van der Waals surface area contributed by atoms with Crippen molar-refractivity contribution in [1.29, 1.82) is 0 Å². The Balaban J connectivity index is 1.59. The van der Waals surface area contributed by atoms with E-state index in [1.165, 1.54) is 12.8 Å². The van der Waals surface area contributed by atoms with Gasteiger partial charge >= 0.3 is 0 Å². The molecule has 1 saturated carbocycles. The average molecular weight is 322 g/mol. The second-order valence-corrected chi connectivity index (χ2v) is 6.80. The minimum absolute atomic E-state index is 0.0733. The molecule has 1 atom stereocenters. The maximum Gasteiger partial charge on any atom is 0.189 e. The summed E-state index contributed by atoms with van der Waals surface area (Å²) in [4.78, 5) is 20.2. The van der Waals surface area contributed by atoms with E-state index in [2.05, 4.69) is 19.9 Å². The first-order valence-electron chi connectivity index (χ1n) is 8.45. The Morgan fingerprint density at radius 2 is 2.21 bits per heavy atom. The lowest BCUT2D eigenvalue weighted by Crippen LogP contribution is -2.26. The number of aryl methyl sites for hydroxylation is 2. The van der Waals surface area contributed by atoms with Crippen molar-refractivity contribution in [3.8, 4) is 0 Å². The fourth-order valence-corrected chi connectivity index (χ4v) is 3.31. The second-order valence-electron chi connectivity index (χ2n) is 6.80. The fourth-order valence-electron chi connectivity index (χ4n) is 3.31. The van der Waals surface area contributed by atoms with Crippen LogP contribution < -0.4 is 10.7 Å². The second kappa shape index (κ2) is 5.91. The Bertz CT molecular complexity index is 936. The smallest absolute Gasteiger partial charge is 0.189 e. The van der Waals surface area contributed by atoms with Crippen LogP contribution in [0.15, 0.2) is 41.5 Å². The van der Waals surface area contributed by atoms with E-state index in [0.717, 1.165) is 28.0 Å². The van der Waals surface area contributed by atoms with Gasteiger partial charge in [0.05, 0.1) is 6.04 Å². The molecule has 2 aromatic heterocycles. The highest BCUT2D eigenvalue weighted by atomic mass is 16.1. The summed E-state index contributed by atoms with van der Waals surface area (Å²) in [6, 6.07) is 7.88. The molecule has 0 unspecified atom stereocenters. The van der Waals surface area contributed by atoms with Gasteiger partial charge in [-0.1, -0.05) is 11.6 Å². The number of aromatic nitrogens is 3. The molecule has 1 aliphatic rings. The number of hydrogen-bond donors (Lipinski definition) is 2. The molecule has 0 spiro atoms. The highest BCUT2D eigenvalue weighted by molar-refractivity contribution is 5.79. The van der Waals surface area contributed by atoms with Gasteiger partial charge < -0.3 is 14.9 Å². The highest BCUT2D eigenvalue weighted by Crippen LogP contribution is 2.40. The van der Waals surface area contributed by atoms with Crippen molar-refractivity contribution in [3.05, 3.63) is 64.0 Å². The zero-order chi connectivity index (χ0) is 16.7. The van der Waals surface area contributed by atoms with Crippen molar-refractivity contribution in [2.75, 3.05) is 0 Å². The molecule has 4 rings (SSSR count). The molecule has 0 radical (unpaired) electrons. The molecule has 0 aliphatic heterocycles. The number of rotatable bonds is 5. The van der Waals surface area contributed by atoms with Crippen LogP contribution in [0.4, 0.5) is 0 Å². The van der Waals surface area contributed by atoms with Crippen LogP contribution in [0.2, 0.25) is 0 Å². The lowest BCUT2D eigenvalue weighted by Gasteiger charge is -2.18. The van der Waals surface area contributed by atoms with Gasteiger partial charge in [-0.05, 0) is 37.8 Å². The number of nitrogens with one attached hydrogen (secondary N) is 2. The predicted octanol–water partition coefficient (Wildman–Crippen LogP) is 2.81. The first-order chi connectivity index (χ1) is 11.6. The van der Waals surface area contributed by atoms with Crippen molar-refractivity contribution < 1.29 is 0 Å². The molecule has 124 valence electrons. The van der Waals surface area contributed by atoms with Gasteiger partial charge in [0.1, 0.15) is 5.82 Å². The van der Waals surface area contributed by atoms with Gasteiger partial charge in [-0.15, -0.1) is 0 Å². The third-order valence-electron chi connectivity index (χ3n) is 4.78. The molecule has 2 heterocycles. The Hall–Kier alpha value is -2.40. The van der Waals surface area contributed by atoms with Crippen LogP contribution in [-0.4, -0.2) is 14.5 Å². The minimum atomic E-state index is 0.0733. The van der Waals surface area contributed by atoms with Crippen molar-refractivity contribution in [1.82, 2.24) is 19.9 Å². The van der Waals surface area contributed by atoms with Crippen molar-refractivity contribution in [3.63, 3.8) is 0 Å². The Kier molecular flexibility index (Phi) is 3.73. The minimum Gasteiger partial charge on any atom is -0.357 e. The van der Waals surface area contributed by atoms with Gasteiger partial charge in [0.2, 0.25) is 0 Å². The van der Waals surface area contributed by atoms with Gasteiger partial charge in [0.25, 0.3) is 0 Å². The van der Waals surface area contributed by atoms with E-state index in [4.69, 9.17) is 0 Å². The predicted molar refractivity (Wildman–Crippen MR) is 94.8 cm³/mol. The van der Waals surface area contributed by atoms with E-state index in [-0.39, 0.29) is 11.5 Å². The number of nitrogens with zero attached hydrogens (tertiary/aromatic N) is 2. The largest absolute Gasteiger partial charge is 0.357 e. The molecule has 5 heteroatoms. The van der Waals surface area contributed by atoms with E-state index in [9.17, 15) is 4.79 Å². The molecule has 5 nitrogen and oxygen atoms in total. The van der Waals surface area contributed by atoms with Crippen LogP contribution >= 0.6 is 0 Å². The molecule has 1 aliphatic carbocycles. The maximum atomic E-state index is 12.4. The number of H-pyrrole nitrogens is 1. The summed E-state index contributed by atoms with van der Waals surface area (Å²) in [5.74, 6) is 1.71. The number of benzene rings is 1. The third-order valence-corrected chi connectivity index (χ3v) is 4.78. The van der Waals surface area contributed by atoms with Gasteiger partial charge in [-0.25, -0.2) is 4.98 Å². The van der Waals surface area contributed by atoms with Crippen LogP contribution in [0, 0.1) is 12.8 Å². The molecular weight excluding hydrogens is 300 g/mol. The topological polar surface area (TPSA) is 62.7 Å². The zero-order valence-corrected chi connectivity index (χ0v) is 14.0. The lowest BCUT2D eigenvalue weighted by atomic mass is 10.1. The quantitative estimate of drug-likeness (QED) is 0.759. The van der Waals surface area contributed by atoms with Crippen molar-refractivity contribution in [2.45, 2.75) is 32.4 Å². The summed E-state index contributed by atoms with van der Waals surface area (Å²) in [5, 5.41) is 4.34. The molecular formula is C19H22N4O. The van der Waals surface area contributed by atoms with Crippen molar-refractivity contribution >= 4 is 10.9 Å². The highest BCUT2D eigenvalue weighted by Gasteiger charge is 2.34. The summed E-state index contributed by atoms with van der Waals surface area (Å²) in [6.07, 6.45) is 6.29. The summed E-state index contributed by atoms with van der Waals surface area (Å²) in [5.41, 5.74) is 2.98. The Morgan fingerprint density at radius 3 is 2.92 bits per heavy atom. The van der Waals surface area contributed by atoms with Gasteiger partial charge in [-0.2, -0.15) is 0 Å². The standard InChI is InChI=1S/C19H22N4O/c1-12-3-6-16-15(9-12)17(24)10-14(22-16)11-21-18(13-4-5-13)19-20-7-8-23(19)2/h3,6-10,13,18,21H,4-5,11H2,1-2H3,(H,22,24)/t18-/m0/s1. The lowest BCUT2D eigenvalue weighted by molar-refractivity contribution is 0.443. The van der Waals surface area contributed by atoms with E-state index < -0.39 is 0 Å². The maximum absolute atomic E-state index is 12.4. The van der Waals surface area contributed by atoms with E-state index in [1.54, 1.807) is 6.07 Å². The Labute approximate surface area is 140 Å². The molecule has 1 aromatic carbocycles. The number of hydrogen-bond acceptors (Lipinski definition) is 3. The third kappa shape index (κ3) is 2.87. The average Bonchev–Trinajstić information content (AvgIpc) is 3.31. The zero-order valence-electron chi connectivity index (χ0n) is 14.0. The first-order valence-corrected chi connectivity index (χ1v) is 8.45. The number of fused-ring (bicyclic) bond motifs is 1. The van der Waals surface area contributed by atoms with Crippen LogP contribution in [0.5, 0.6) is 0 Å². The van der Waals surface area contributed by atoms with Gasteiger partial charge in [0.15, 0.2) is 5.43 Å². The van der Waals surface area contributed by atoms with Crippen LogP contribution in [-0.2, 0) is 13.6 Å². The molecule has 0 bridgehead atoms. The molecule has 2 N–H and O–H groups in total. The molecule has 3 aromatic rings. The van der Waals surface area contributed by atoms with E-state index >= 15 is 0 Å². The normalized spacial score (nSPS) is 15.8. The monoisotopic (exact) mass is 322 g/mol.